The predicted octanol–water partition coefficient (Wildman–Crippen LogP) is 1.55. The van der Waals surface area contributed by atoms with E-state index in [4.69, 9.17) is 10.5 Å². The van der Waals surface area contributed by atoms with E-state index in [1.54, 1.807) is 24.3 Å². The van der Waals surface area contributed by atoms with Crippen molar-refractivity contribution in [1.29, 1.82) is 0 Å². The summed E-state index contributed by atoms with van der Waals surface area (Å²) in [6.07, 6.45) is 0.833. The van der Waals surface area contributed by atoms with Crippen molar-refractivity contribution < 1.29 is 9.53 Å². The highest BCUT2D eigenvalue weighted by Gasteiger charge is 2.10. The lowest BCUT2D eigenvalue weighted by atomic mass is 10.1. The number of hydrogen-bond acceptors (Lipinski definition) is 3. The topological polar surface area (TPSA) is 64.3 Å². The minimum absolute atomic E-state index is 0.0362. The number of nitrogens with one attached hydrogen (secondary N) is 1. The summed E-state index contributed by atoms with van der Waals surface area (Å²) < 4.78 is 5.31. The first kappa shape index (κ1) is 13.5. The Hall–Kier alpha value is -1.55. The van der Waals surface area contributed by atoms with Crippen molar-refractivity contribution in [3.8, 4) is 5.75 Å². The van der Waals surface area contributed by atoms with E-state index in [2.05, 4.69) is 5.32 Å². The Morgan fingerprint density at radius 1 is 1.35 bits per heavy atom. The Bertz CT molecular complexity index is 345. The summed E-state index contributed by atoms with van der Waals surface area (Å²) in [6, 6.07) is 7.13. The van der Waals surface area contributed by atoms with Gasteiger partial charge < -0.3 is 15.8 Å². The van der Waals surface area contributed by atoms with Gasteiger partial charge in [-0.1, -0.05) is 6.92 Å². The SMILES string of the molecule is CCOc1ccc(C(=O)NC(CC)CN)cc1. The van der Waals surface area contributed by atoms with Crippen LogP contribution in [0.3, 0.4) is 0 Å². The Balaban J connectivity index is 2.63. The van der Waals surface area contributed by atoms with Gasteiger partial charge in [0.05, 0.1) is 6.61 Å². The first-order valence-corrected chi connectivity index (χ1v) is 5.95. The fourth-order valence-electron chi connectivity index (χ4n) is 1.47. The van der Waals surface area contributed by atoms with E-state index in [-0.39, 0.29) is 11.9 Å². The van der Waals surface area contributed by atoms with Crippen molar-refractivity contribution in [3.63, 3.8) is 0 Å². The van der Waals surface area contributed by atoms with Crippen molar-refractivity contribution >= 4 is 5.91 Å². The Kier molecular flexibility index (Phi) is 5.49. The molecule has 1 unspecified atom stereocenters. The van der Waals surface area contributed by atoms with Crippen LogP contribution in [0.4, 0.5) is 0 Å². The van der Waals surface area contributed by atoms with E-state index in [1.165, 1.54) is 0 Å². The maximum absolute atomic E-state index is 11.8. The molecule has 0 saturated carbocycles. The number of ether oxygens (including phenoxy) is 1. The second-order valence-electron chi connectivity index (χ2n) is 3.77. The molecule has 1 amide bonds. The highest BCUT2D eigenvalue weighted by atomic mass is 16.5. The van der Waals surface area contributed by atoms with Gasteiger partial charge in [-0.2, -0.15) is 0 Å². The Morgan fingerprint density at radius 3 is 2.47 bits per heavy atom. The van der Waals surface area contributed by atoms with E-state index in [0.717, 1.165) is 12.2 Å². The second-order valence-corrected chi connectivity index (χ2v) is 3.77. The van der Waals surface area contributed by atoms with Crippen LogP contribution in [0.2, 0.25) is 0 Å². The number of hydrogen-bond donors (Lipinski definition) is 2. The van der Waals surface area contributed by atoms with Gasteiger partial charge in [0.25, 0.3) is 5.91 Å². The van der Waals surface area contributed by atoms with Gasteiger partial charge in [-0.15, -0.1) is 0 Å². The van der Waals surface area contributed by atoms with Gasteiger partial charge in [-0.3, -0.25) is 4.79 Å². The van der Waals surface area contributed by atoms with Crippen LogP contribution in [0.1, 0.15) is 30.6 Å². The van der Waals surface area contributed by atoms with E-state index in [1.807, 2.05) is 13.8 Å². The largest absolute Gasteiger partial charge is 0.494 e. The van der Waals surface area contributed by atoms with Crippen molar-refractivity contribution in [2.75, 3.05) is 13.2 Å². The molecule has 1 aromatic rings. The summed E-state index contributed by atoms with van der Waals surface area (Å²) in [5.74, 6) is 0.681. The van der Waals surface area contributed by atoms with Crippen molar-refractivity contribution in [3.05, 3.63) is 29.8 Å². The van der Waals surface area contributed by atoms with Crippen LogP contribution >= 0.6 is 0 Å². The number of rotatable bonds is 6. The molecule has 0 saturated heterocycles. The molecule has 94 valence electrons. The summed E-state index contributed by atoms with van der Waals surface area (Å²) in [5, 5.41) is 2.88. The molecule has 0 aliphatic rings. The molecular weight excluding hydrogens is 216 g/mol. The molecule has 0 aliphatic heterocycles. The van der Waals surface area contributed by atoms with Gasteiger partial charge >= 0.3 is 0 Å². The molecule has 1 aromatic carbocycles. The van der Waals surface area contributed by atoms with Crippen LogP contribution in [0, 0.1) is 0 Å². The number of carbonyl (C=O) groups excluding carboxylic acids is 1. The maximum Gasteiger partial charge on any atom is 0.251 e. The van der Waals surface area contributed by atoms with Crippen molar-refractivity contribution in [2.45, 2.75) is 26.3 Å². The minimum Gasteiger partial charge on any atom is -0.494 e. The van der Waals surface area contributed by atoms with Crippen LogP contribution in [0.25, 0.3) is 0 Å². The summed E-state index contributed by atoms with van der Waals surface area (Å²) in [4.78, 5) is 11.8. The minimum atomic E-state index is -0.0923. The zero-order chi connectivity index (χ0) is 12.7. The molecular formula is C13H20N2O2. The fraction of sp³-hybridized carbons (Fsp3) is 0.462. The third-order valence-electron chi connectivity index (χ3n) is 2.54. The molecule has 0 aliphatic carbocycles. The first-order valence-electron chi connectivity index (χ1n) is 5.95. The smallest absolute Gasteiger partial charge is 0.251 e. The summed E-state index contributed by atoms with van der Waals surface area (Å²) in [5.41, 5.74) is 6.16. The van der Waals surface area contributed by atoms with E-state index in [0.29, 0.717) is 18.7 Å². The quantitative estimate of drug-likeness (QED) is 0.787. The van der Waals surface area contributed by atoms with Crippen LogP contribution in [0.5, 0.6) is 5.75 Å². The normalized spacial score (nSPS) is 11.9. The molecule has 0 spiro atoms. The van der Waals surface area contributed by atoms with E-state index in [9.17, 15) is 4.79 Å². The third kappa shape index (κ3) is 4.07. The zero-order valence-corrected chi connectivity index (χ0v) is 10.4. The van der Waals surface area contributed by atoms with Crippen molar-refractivity contribution in [2.24, 2.45) is 5.73 Å². The molecule has 1 rings (SSSR count). The molecule has 0 heterocycles. The molecule has 1 atom stereocenters. The average molecular weight is 236 g/mol. The second kappa shape index (κ2) is 6.91. The van der Waals surface area contributed by atoms with Crippen LogP contribution in [-0.4, -0.2) is 25.1 Å². The van der Waals surface area contributed by atoms with Gasteiger partial charge in [0.1, 0.15) is 5.75 Å². The van der Waals surface area contributed by atoms with Gasteiger partial charge in [-0.25, -0.2) is 0 Å². The lowest BCUT2D eigenvalue weighted by Gasteiger charge is -2.14. The first-order chi connectivity index (χ1) is 8.21. The monoisotopic (exact) mass is 236 g/mol. The predicted molar refractivity (Wildman–Crippen MR) is 68.2 cm³/mol. The molecule has 3 N–H and O–H groups in total. The molecule has 0 radical (unpaired) electrons. The van der Waals surface area contributed by atoms with Gasteiger partial charge in [-0.05, 0) is 37.6 Å². The summed E-state index contributed by atoms with van der Waals surface area (Å²) in [6.45, 7) is 5.00. The number of nitrogens with two attached hydrogens (primary N) is 1. The molecule has 0 bridgehead atoms. The van der Waals surface area contributed by atoms with Crippen LogP contribution in [0.15, 0.2) is 24.3 Å². The summed E-state index contributed by atoms with van der Waals surface area (Å²) in [7, 11) is 0. The highest BCUT2D eigenvalue weighted by Crippen LogP contribution is 2.12. The average Bonchev–Trinajstić information content (AvgIpc) is 2.37. The fourth-order valence-corrected chi connectivity index (χ4v) is 1.47. The van der Waals surface area contributed by atoms with E-state index < -0.39 is 0 Å². The summed E-state index contributed by atoms with van der Waals surface area (Å²) >= 11 is 0. The Morgan fingerprint density at radius 2 is 2.00 bits per heavy atom. The number of benzene rings is 1. The lowest BCUT2D eigenvalue weighted by Crippen LogP contribution is -2.39. The van der Waals surface area contributed by atoms with Crippen LogP contribution in [-0.2, 0) is 0 Å². The molecule has 0 aromatic heterocycles. The molecule has 0 fully saturated rings. The van der Waals surface area contributed by atoms with Gasteiger partial charge in [0.2, 0.25) is 0 Å². The molecule has 4 heteroatoms. The van der Waals surface area contributed by atoms with Crippen molar-refractivity contribution in [1.82, 2.24) is 5.32 Å². The van der Waals surface area contributed by atoms with Gasteiger partial charge in [0, 0.05) is 18.2 Å². The number of amides is 1. The maximum atomic E-state index is 11.8. The zero-order valence-electron chi connectivity index (χ0n) is 10.4. The Labute approximate surface area is 102 Å². The van der Waals surface area contributed by atoms with E-state index >= 15 is 0 Å². The number of carbonyl (C=O) groups is 1. The standard InChI is InChI=1S/C13H20N2O2/c1-3-11(9-14)15-13(16)10-5-7-12(8-6-10)17-4-2/h5-8,11H,3-4,9,14H2,1-2H3,(H,15,16). The lowest BCUT2D eigenvalue weighted by molar-refractivity contribution is 0.0937. The molecule has 4 nitrogen and oxygen atoms in total. The van der Waals surface area contributed by atoms with Gasteiger partial charge in [0.15, 0.2) is 0 Å². The third-order valence-corrected chi connectivity index (χ3v) is 2.54. The highest BCUT2D eigenvalue weighted by molar-refractivity contribution is 5.94. The molecule has 17 heavy (non-hydrogen) atoms. The van der Waals surface area contributed by atoms with Crippen LogP contribution < -0.4 is 15.8 Å².